The molecular formula is C20H21F3N6O2S. The van der Waals surface area contributed by atoms with Gasteiger partial charge >= 0.3 is 6.18 Å². The van der Waals surface area contributed by atoms with Gasteiger partial charge in [-0.25, -0.2) is 18.4 Å². The van der Waals surface area contributed by atoms with Gasteiger partial charge in [0.1, 0.15) is 11.5 Å². The summed E-state index contributed by atoms with van der Waals surface area (Å²) in [6.45, 7) is 7.30. The van der Waals surface area contributed by atoms with Crippen LogP contribution in [-0.2, 0) is 16.0 Å². The van der Waals surface area contributed by atoms with Crippen molar-refractivity contribution in [3.05, 3.63) is 42.4 Å². The lowest BCUT2D eigenvalue weighted by Crippen LogP contribution is -2.27. The van der Waals surface area contributed by atoms with Crippen molar-refractivity contribution in [2.75, 3.05) is 11.1 Å². The van der Waals surface area contributed by atoms with Gasteiger partial charge in [0, 0.05) is 24.1 Å². The fraction of sp³-hybridized carbons (Fsp3) is 0.350. The van der Waals surface area contributed by atoms with Crippen molar-refractivity contribution in [3.8, 4) is 11.3 Å². The lowest BCUT2D eigenvalue weighted by atomic mass is 10.1. The quantitative estimate of drug-likeness (QED) is 0.487. The summed E-state index contributed by atoms with van der Waals surface area (Å²) >= 11 is 0. The van der Waals surface area contributed by atoms with Crippen molar-refractivity contribution >= 4 is 26.9 Å². The van der Waals surface area contributed by atoms with Crippen LogP contribution in [0.4, 0.5) is 19.0 Å². The smallest absolute Gasteiger partial charge is 0.365 e. The number of sulfone groups is 1. The van der Waals surface area contributed by atoms with E-state index in [9.17, 15) is 21.6 Å². The molecule has 0 bridgehead atoms. The molecule has 4 aromatic rings. The largest absolute Gasteiger partial charge is 0.416 e. The van der Waals surface area contributed by atoms with Gasteiger partial charge < -0.3 is 9.72 Å². The van der Waals surface area contributed by atoms with E-state index in [0.29, 0.717) is 5.82 Å². The minimum atomic E-state index is -4.52. The highest BCUT2D eigenvalue weighted by Crippen LogP contribution is 2.34. The molecular weight excluding hydrogens is 445 g/mol. The zero-order valence-corrected chi connectivity index (χ0v) is 18.6. The van der Waals surface area contributed by atoms with E-state index in [0.717, 1.165) is 12.1 Å². The van der Waals surface area contributed by atoms with E-state index in [1.54, 1.807) is 6.07 Å². The van der Waals surface area contributed by atoms with Gasteiger partial charge in [0.15, 0.2) is 20.5 Å². The van der Waals surface area contributed by atoms with Gasteiger partial charge in [0.25, 0.3) is 0 Å². The molecule has 0 saturated carbocycles. The first kappa shape index (κ1) is 22.1. The summed E-state index contributed by atoms with van der Waals surface area (Å²) in [5.41, 5.74) is -0.642. The molecule has 0 unspecified atom stereocenters. The van der Waals surface area contributed by atoms with Crippen molar-refractivity contribution in [2.24, 2.45) is 0 Å². The second kappa shape index (κ2) is 7.19. The Morgan fingerprint density at radius 2 is 1.88 bits per heavy atom. The van der Waals surface area contributed by atoms with E-state index in [-0.39, 0.29) is 38.9 Å². The number of aromatic nitrogens is 5. The molecule has 0 aliphatic carbocycles. The molecule has 0 aliphatic rings. The minimum absolute atomic E-state index is 0.0259. The molecule has 1 N–H and O–H groups in total. The predicted octanol–water partition coefficient (Wildman–Crippen LogP) is 4.07. The third-order valence-corrected chi connectivity index (χ3v) is 6.34. The fourth-order valence-corrected chi connectivity index (χ4v) is 4.25. The first-order valence-electron chi connectivity index (χ1n) is 9.75. The Hall–Kier alpha value is -3.15. The number of hydrogen-bond donors (Lipinski definition) is 1. The zero-order valence-electron chi connectivity index (χ0n) is 17.8. The summed E-state index contributed by atoms with van der Waals surface area (Å²) in [6.07, 6.45) is -0.320. The lowest BCUT2D eigenvalue weighted by molar-refractivity contribution is -0.137. The fourth-order valence-electron chi connectivity index (χ4n) is 3.26. The van der Waals surface area contributed by atoms with Crippen LogP contribution < -0.4 is 5.32 Å². The van der Waals surface area contributed by atoms with Crippen LogP contribution in [0, 0.1) is 0 Å². The summed E-state index contributed by atoms with van der Waals surface area (Å²) in [6, 6.07) is 3.50. The van der Waals surface area contributed by atoms with Gasteiger partial charge in [0.2, 0.25) is 0 Å². The van der Waals surface area contributed by atoms with Crippen LogP contribution >= 0.6 is 0 Å². The average Bonchev–Trinajstić information content (AvgIpc) is 3.27. The number of hydrogen-bond acceptors (Lipinski definition) is 6. The number of fused-ring (bicyclic) bond motifs is 2. The average molecular weight is 466 g/mol. The highest BCUT2D eigenvalue weighted by Gasteiger charge is 2.32. The Bertz CT molecular complexity index is 1430. The number of rotatable bonds is 4. The maximum Gasteiger partial charge on any atom is 0.416 e. The van der Waals surface area contributed by atoms with Crippen LogP contribution in [0.1, 0.15) is 33.3 Å². The van der Waals surface area contributed by atoms with Gasteiger partial charge in [-0.1, -0.05) is 6.92 Å². The van der Waals surface area contributed by atoms with Gasteiger partial charge in [0.05, 0.1) is 22.6 Å². The Morgan fingerprint density at radius 1 is 1.16 bits per heavy atom. The molecule has 0 spiro atoms. The number of alkyl halides is 3. The highest BCUT2D eigenvalue weighted by atomic mass is 32.2. The maximum absolute atomic E-state index is 13.1. The lowest BCUT2D eigenvalue weighted by Gasteiger charge is -2.22. The molecule has 0 radical (unpaired) electrons. The number of halogens is 3. The Balaban J connectivity index is 2.01. The molecule has 12 heteroatoms. The van der Waals surface area contributed by atoms with Gasteiger partial charge in [-0.15, -0.1) is 0 Å². The molecule has 4 heterocycles. The molecule has 170 valence electrons. The van der Waals surface area contributed by atoms with Gasteiger partial charge in [-0.05, 0) is 39.0 Å². The van der Waals surface area contributed by atoms with Crippen LogP contribution in [-0.4, -0.2) is 43.7 Å². The molecule has 0 saturated heterocycles. The van der Waals surface area contributed by atoms with Crippen molar-refractivity contribution in [3.63, 3.8) is 0 Å². The van der Waals surface area contributed by atoms with Gasteiger partial charge in [-0.2, -0.15) is 22.8 Å². The number of nitrogens with one attached hydrogen (secondary N) is 1. The van der Waals surface area contributed by atoms with E-state index in [1.807, 2.05) is 20.8 Å². The zero-order chi connectivity index (χ0) is 23.5. The van der Waals surface area contributed by atoms with Crippen LogP contribution in [0.2, 0.25) is 0 Å². The Morgan fingerprint density at radius 3 is 2.50 bits per heavy atom. The summed E-state index contributed by atoms with van der Waals surface area (Å²) in [4.78, 5) is 8.59. The van der Waals surface area contributed by atoms with Crippen LogP contribution in [0.15, 0.2) is 41.8 Å². The SMILES string of the molecule is CCS(=O)(=O)c1nn2c(NC(C)(C)C)ccnc2c1-c1cn2ccc(C(F)(F)F)cc2n1. The van der Waals surface area contributed by atoms with Crippen molar-refractivity contribution in [1.82, 2.24) is 24.0 Å². The Kier molecular flexibility index (Phi) is 4.96. The molecule has 0 amide bonds. The van der Waals surface area contributed by atoms with E-state index < -0.39 is 21.6 Å². The molecule has 4 rings (SSSR count). The van der Waals surface area contributed by atoms with Crippen molar-refractivity contribution in [2.45, 2.75) is 44.4 Å². The second-order valence-corrected chi connectivity index (χ2v) is 10.5. The van der Waals surface area contributed by atoms with Gasteiger partial charge in [-0.3, -0.25) is 0 Å². The number of imidazole rings is 1. The molecule has 32 heavy (non-hydrogen) atoms. The topological polar surface area (TPSA) is 93.7 Å². The molecule has 0 fully saturated rings. The van der Waals surface area contributed by atoms with Crippen LogP contribution in [0.3, 0.4) is 0 Å². The van der Waals surface area contributed by atoms with Crippen LogP contribution in [0.5, 0.6) is 0 Å². The molecule has 0 aliphatic heterocycles. The molecule has 0 atom stereocenters. The second-order valence-electron chi connectivity index (χ2n) is 8.33. The summed E-state index contributed by atoms with van der Waals surface area (Å²) < 4.78 is 67.8. The third-order valence-electron chi connectivity index (χ3n) is 4.71. The highest BCUT2D eigenvalue weighted by molar-refractivity contribution is 7.91. The van der Waals surface area contributed by atoms with Crippen LogP contribution in [0.25, 0.3) is 22.6 Å². The number of pyridine rings is 1. The van der Waals surface area contributed by atoms with E-state index in [4.69, 9.17) is 0 Å². The monoisotopic (exact) mass is 466 g/mol. The Labute approximate surface area is 182 Å². The summed E-state index contributed by atoms with van der Waals surface area (Å²) in [5.74, 6) is 0.307. The van der Waals surface area contributed by atoms with Crippen molar-refractivity contribution < 1.29 is 21.6 Å². The molecule has 4 aromatic heterocycles. The molecule has 0 aromatic carbocycles. The van der Waals surface area contributed by atoms with Crippen molar-refractivity contribution in [1.29, 1.82) is 0 Å². The van der Waals surface area contributed by atoms with E-state index in [2.05, 4.69) is 20.4 Å². The minimum Gasteiger partial charge on any atom is -0.365 e. The summed E-state index contributed by atoms with van der Waals surface area (Å²) in [7, 11) is -3.80. The number of anilines is 1. The van der Waals surface area contributed by atoms with E-state index >= 15 is 0 Å². The first-order chi connectivity index (χ1) is 14.8. The number of nitrogens with zero attached hydrogens (tertiary/aromatic N) is 5. The first-order valence-corrected chi connectivity index (χ1v) is 11.4. The normalized spacial score (nSPS) is 13.2. The predicted molar refractivity (Wildman–Crippen MR) is 113 cm³/mol. The summed E-state index contributed by atoms with van der Waals surface area (Å²) in [5, 5.41) is 7.34. The standard InChI is InChI=1S/C20H21F3N6O2S/c1-5-32(30,31)18-16(17-24-8-6-14(29(17)27-18)26-19(2,3)4)13-11-28-9-7-12(20(21,22)23)10-15(28)25-13/h6-11,26H,5H2,1-4H3. The maximum atomic E-state index is 13.1. The molecule has 8 nitrogen and oxygen atoms in total. The van der Waals surface area contributed by atoms with E-state index in [1.165, 1.54) is 34.4 Å². The third kappa shape index (κ3) is 3.90.